The van der Waals surface area contributed by atoms with E-state index in [9.17, 15) is 29.6 Å². The Morgan fingerprint density at radius 3 is 2.59 bits per heavy atom. The van der Waals surface area contributed by atoms with Crippen molar-refractivity contribution < 1.29 is 33.9 Å². The van der Waals surface area contributed by atoms with Crippen molar-refractivity contribution in [3.8, 4) is 0 Å². The van der Waals surface area contributed by atoms with E-state index in [1.165, 1.54) is 47.0 Å². The summed E-state index contributed by atoms with van der Waals surface area (Å²) in [6.07, 6.45) is 2.24. The molecule has 13 heteroatoms. The molecule has 1 amide bonds. The summed E-state index contributed by atoms with van der Waals surface area (Å²) < 4.78 is 12.3. The number of nitro groups is 1. The van der Waals surface area contributed by atoms with Gasteiger partial charge in [0.1, 0.15) is 29.7 Å². The predicted molar refractivity (Wildman–Crippen MR) is 116 cm³/mol. The van der Waals surface area contributed by atoms with Crippen LogP contribution in [-0.2, 0) is 37.5 Å². The Labute approximate surface area is 197 Å². The highest BCUT2D eigenvalue weighted by Crippen LogP contribution is 2.53. The van der Waals surface area contributed by atoms with Crippen LogP contribution in [0.2, 0.25) is 0 Å². The van der Waals surface area contributed by atoms with Crippen molar-refractivity contribution >= 4 is 35.3 Å². The fourth-order valence-electron chi connectivity index (χ4n) is 3.83. The first-order valence-electron chi connectivity index (χ1n) is 10.1. The summed E-state index contributed by atoms with van der Waals surface area (Å²) in [5.74, 6) is -2.60. The van der Waals surface area contributed by atoms with E-state index in [4.69, 9.17) is 9.47 Å². The number of hydrogen-bond donors (Lipinski definition) is 1. The molecule has 2 aliphatic heterocycles. The van der Waals surface area contributed by atoms with E-state index in [1.807, 2.05) is 0 Å². The molecular weight excluding hydrogens is 468 g/mol. The van der Waals surface area contributed by atoms with Crippen molar-refractivity contribution in [2.75, 3.05) is 6.61 Å². The smallest absolute Gasteiger partial charge is 0.356 e. The van der Waals surface area contributed by atoms with Gasteiger partial charge in [0.25, 0.3) is 5.69 Å². The molecule has 0 spiro atoms. The van der Waals surface area contributed by atoms with Crippen LogP contribution in [0.15, 0.2) is 47.3 Å². The molecule has 1 aromatic carbocycles. The summed E-state index contributed by atoms with van der Waals surface area (Å²) in [5.41, 5.74) is 0.902. The van der Waals surface area contributed by atoms with Crippen LogP contribution in [-0.4, -0.2) is 54.5 Å². The molecule has 0 radical (unpaired) electrons. The minimum atomic E-state index is -0.900. The Hall–Kier alpha value is -3.71. The lowest BCUT2D eigenvalue weighted by atomic mass is 9.88. The second-order valence-electron chi connectivity index (χ2n) is 7.65. The molecule has 3 atom stereocenters. The molecule has 0 aliphatic carbocycles. The predicted octanol–water partition coefficient (Wildman–Crippen LogP) is 1.41. The summed E-state index contributed by atoms with van der Waals surface area (Å²) in [5, 5.41) is 24.1. The molecule has 0 saturated carbocycles. The number of carbonyl (C=O) groups excluding carboxylic acids is 3. The number of nitro benzene ring substituents is 1. The number of fused-ring (bicyclic) bond motifs is 1. The lowest BCUT2D eigenvalue weighted by Gasteiger charge is -2.45. The van der Waals surface area contributed by atoms with E-state index < -0.39 is 46.8 Å². The first kappa shape index (κ1) is 23.4. The van der Waals surface area contributed by atoms with Crippen molar-refractivity contribution in [2.45, 2.75) is 25.0 Å². The number of aliphatic hydroxyl groups is 1. The van der Waals surface area contributed by atoms with E-state index in [1.54, 1.807) is 13.2 Å². The number of esters is 2. The standard InChI is InChI=1S/C21H20N4O8S/c1-11(27)33-18(13-7-22-23(2)8-13)16-19(28)24-17(15(9-26)34-20(16)24)21(29)32-10-12-3-5-14(6-4-12)25(30)31/h3-8,16,18,20,26H,9-10H2,1-2H3. The minimum Gasteiger partial charge on any atom is -0.457 e. The highest BCUT2D eigenvalue weighted by atomic mass is 32.2. The number of non-ortho nitro benzene ring substituents is 1. The highest BCUT2D eigenvalue weighted by Gasteiger charge is 2.60. The van der Waals surface area contributed by atoms with Crippen LogP contribution in [0.3, 0.4) is 0 Å². The summed E-state index contributed by atoms with van der Waals surface area (Å²) >= 11 is 1.13. The Bertz CT molecular complexity index is 1190. The number of hydrogen-bond acceptors (Lipinski definition) is 10. The molecule has 3 heterocycles. The number of carbonyl (C=O) groups is 3. The van der Waals surface area contributed by atoms with Gasteiger partial charge in [-0.1, -0.05) is 11.8 Å². The maximum absolute atomic E-state index is 13.1. The summed E-state index contributed by atoms with van der Waals surface area (Å²) in [4.78, 5) is 49.4. The van der Waals surface area contributed by atoms with Gasteiger partial charge in [0.05, 0.1) is 17.7 Å². The van der Waals surface area contributed by atoms with E-state index in [-0.39, 0.29) is 22.9 Å². The molecule has 0 bridgehead atoms. The van der Waals surface area contributed by atoms with Crippen LogP contribution in [0.5, 0.6) is 0 Å². The number of thioether (sulfide) groups is 1. The molecule has 2 aliphatic rings. The zero-order valence-corrected chi connectivity index (χ0v) is 18.9. The van der Waals surface area contributed by atoms with Crippen LogP contribution >= 0.6 is 11.8 Å². The first-order valence-corrected chi connectivity index (χ1v) is 11.0. The normalized spacial score (nSPS) is 20.0. The molecule has 1 fully saturated rings. The fraction of sp³-hybridized carbons (Fsp3) is 0.333. The van der Waals surface area contributed by atoms with Gasteiger partial charge in [-0.25, -0.2) is 4.79 Å². The zero-order chi connectivity index (χ0) is 24.6. The van der Waals surface area contributed by atoms with E-state index in [2.05, 4.69) is 5.10 Å². The number of rotatable bonds is 8. The SMILES string of the molecule is CC(=O)OC(c1cnn(C)c1)C1C(=O)N2C(C(=O)OCc3ccc([N+](=O)[O-])cc3)=C(CO)SC12. The molecule has 4 rings (SSSR count). The number of aryl methyl sites for hydroxylation is 1. The van der Waals surface area contributed by atoms with Gasteiger partial charge in [0, 0.05) is 42.8 Å². The zero-order valence-electron chi connectivity index (χ0n) is 18.1. The van der Waals surface area contributed by atoms with Crippen molar-refractivity contribution in [3.63, 3.8) is 0 Å². The second-order valence-corrected chi connectivity index (χ2v) is 8.86. The number of ether oxygens (including phenoxy) is 2. The first-order chi connectivity index (χ1) is 16.2. The monoisotopic (exact) mass is 488 g/mol. The van der Waals surface area contributed by atoms with Crippen molar-refractivity contribution in [1.82, 2.24) is 14.7 Å². The van der Waals surface area contributed by atoms with Crippen LogP contribution in [0.4, 0.5) is 5.69 Å². The van der Waals surface area contributed by atoms with Gasteiger partial charge < -0.3 is 14.6 Å². The molecule has 1 saturated heterocycles. The van der Waals surface area contributed by atoms with Gasteiger partial charge in [-0.15, -0.1) is 0 Å². The van der Waals surface area contributed by atoms with Gasteiger partial charge in [-0.3, -0.25) is 29.3 Å². The topological polar surface area (TPSA) is 154 Å². The summed E-state index contributed by atoms with van der Waals surface area (Å²) in [6.45, 7) is 0.584. The quantitative estimate of drug-likeness (QED) is 0.250. The third-order valence-electron chi connectivity index (χ3n) is 5.38. The maximum Gasteiger partial charge on any atom is 0.356 e. The fourth-order valence-corrected chi connectivity index (χ4v) is 5.21. The second kappa shape index (κ2) is 9.27. The maximum atomic E-state index is 13.1. The Morgan fingerprint density at radius 1 is 1.32 bits per heavy atom. The summed E-state index contributed by atoms with van der Waals surface area (Å²) in [6, 6.07) is 5.50. The van der Waals surface area contributed by atoms with E-state index >= 15 is 0 Å². The van der Waals surface area contributed by atoms with E-state index in [0.29, 0.717) is 11.1 Å². The number of benzene rings is 1. The lowest BCUT2D eigenvalue weighted by Crippen LogP contribution is -2.59. The average Bonchev–Trinajstić information content (AvgIpc) is 3.38. The number of amides is 1. The molecule has 2 aromatic rings. The van der Waals surface area contributed by atoms with Gasteiger partial charge in [0.15, 0.2) is 0 Å². The number of nitrogens with zero attached hydrogens (tertiary/aromatic N) is 4. The third kappa shape index (κ3) is 4.26. The number of β-lactam (4-membered cyclic amide) rings is 1. The lowest BCUT2D eigenvalue weighted by molar-refractivity contribution is -0.384. The molecule has 3 unspecified atom stereocenters. The molecule has 12 nitrogen and oxygen atoms in total. The van der Waals surface area contributed by atoms with Crippen LogP contribution < -0.4 is 0 Å². The van der Waals surface area contributed by atoms with Crippen LogP contribution in [0.1, 0.15) is 24.2 Å². The van der Waals surface area contributed by atoms with Gasteiger partial charge in [-0.2, -0.15) is 5.10 Å². The van der Waals surface area contributed by atoms with Crippen molar-refractivity contribution in [3.05, 3.63) is 68.5 Å². The average molecular weight is 488 g/mol. The van der Waals surface area contributed by atoms with E-state index in [0.717, 1.165) is 11.8 Å². The van der Waals surface area contributed by atoms with Gasteiger partial charge in [-0.05, 0) is 17.7 Å². The van der Waals surface area contributed by atoms with Crippen LogP contribution in [0, 0.1) is 16.0 Å². The van der Waals surface area contributed by atoms with Gasteiger partial charge in [0.2, 0.25) is 5.91 Å². The minimum absolute atomic E-state index is 0.0616. The highest BCUT2D eigenvalue weighted by molar-refractivity contribution is 8.04. The van der Waals surface area contributed by atoms with Crippen molar-refractivity contribution in [1.29, 1.82) is 0 Å². The van der Waals surface area contributed by atoms with Crippen molar-refractivity contribution in [2.24, 2.45) is 13.0 Å². The Morgan fingerprint density at radius 2 is 2.03 bits per heavy atom. The molecule has 1 aromatic heterocycles. The molecule has 178 valence electrons. The van der Waals surface area contributed by atoms with Crippen LogP contribution in [0.25, 0.3) is 0 Å². The largest absolute Gasteiger partial charge is 0.457 e. The number of aliphatic hydroxyl groups excluding tert-OH is 1. The molecule has 1 N–H and O–H groups in total. The summed E-state index contributed by atoms with van der Waals surface area (Å²) in [7, 11) is 1.69. The Balaban J connectivity index is 1.49. The number of aromatic nitrogens is 2. The molecule has 34 heavy (non-hydrogen) atoms. The van der Waals surface area contributed by atoms with Gasteiger partial charge >= 0.3 is 11.9 Å². The third-order valence-corrected chi connectivity index (χ3v) is 6.73. The molecular formula is C21H20N4O8S. The Kier molecular flexibility index (Phi) is 6.39.